The van der Waals surface area contributed by atoms with E-state index in [-0.39, 0.29) is 17.3 Å². The summed E-state index contributed by atoms with van der Waals surface area (Å²) in [5.41, 5.74) is 0.0297. The number of rotatable bonds is 3. The van der Waals surface area contributed by atoms with Crippen LogP contribution < -0.4 is 0 Å². The fourth-order valence-corrected chi connectivity index (χ4v) is 2.58. The van der Waals surface area contributed by atoms with Crippen LogP contribution in [0.25, 0.3) is 0 Å². The molecule has 98 valence electrons. The van der Waals surface area contributed by atoms with Crippen molar-refractivity contribution in [1.29, 1.82) is 0 Å². The monoisotopic (exact) mass is 250 g/mol. The van der Waals surface area contributed by atoms with E-state index in [0.717, 1.165) is 31.6 Å². The van der Waals surface area contributed by atoms with Gasteiger partial charge >= 0.3 is 5.97 Å². The van der Waals surface area contributed by atoms with Gasteiger partial charge in [-0.3, -0.25) is 9.48 Å². The number of aromatic nitrogens is 2. The standard InChI is InChI=1S/C13H18N2O3/c1-9-3-2-4-11(6-5-9)15-7-10(8-16)12(14-15)13(17)18/h7-9,11H,2-6H2,1H3,(H,17,18). The summed E-state index contributed by atoms with van der Waals surface area (Å²) in [7, 11) is 0. The van der Waals surface area contributed by atoms with Crippen molar-refractivity contribution in [3.63, 3.8) is 0 Å². The molecule has 5 nitrogen and oxygen atoms in total. The van der Waals surface area contributed by atoms with Crippen LogP contribution in [0.3, 0.4) is 0 Å². The van der Waals surface area contributed by atoms with Crippen molar-refractivity contribution in [3.8, 4) is 0 Å². The van der Waals surface area contributed by atoms with E-state index in [1.54, 1.807) is 10.9 Å². The maximum atomic E-state index is 11.0. The molecule has 0 saturated heterocycles. The van der Waals surface area contributed by atoms with Gasteiger partial charge in [-0.05, 0) is 25.2 Å². The van der Waals surface area contributed by atoms with Gasteiger partial charge in [-0.15, -0.1) is 0 Å². The SMILES string of the molecule is CC1CCCC(n2cc(C=O)c(C(=O)O)n2)CC1. The molecule has 0 aromatic carbocycles. The lowest BCUT2D eigenvalue weighted by Gasteiger charge is -2.14. The molecule has 1 saturated carbocycles. The largest absolute Gasteiger partial charge is 0.476 e. The molecule has 0 radical (unpaired) electrons. The van der Waals surface area contributed by atoms with Crippen LogP contribution in [-0.2, 0) is 0 Å². The molecule has 2 atom stereocenters. The maximum Gasteiger partial charge on any atom is 0.357 e. The van der Waals surface area contributed by atoms with Gasteiger partial charge in [0, 0.05) is 6.20 Å². The Morgan fingerprint density at radius 1 is 1.44 bits per heavy atom. The second-order valence-electron chi connectivity index (χ2n) is 5.10. The molecule has 0 aliphatic heterocycles. The van der Waals surface area contributed by atoms with Crippen LogP contribution in [0.5, 0.6) is 0 Å². The minimum absolute atomic E-state index is 0.137. The molecule has 1 N–H and O–H groups in total. The van der Waals surface area contributed by atoms with Crippen molar-refractivity contribution in [2.75, 3.05) is 0 Å². The minimum Gasteiger partial charge on any atom is -0.476 e. The average molecular weight is 250 g/mol. The first-order valence-corrected chi connectivity index (χ1v) is 6.39. The number of hydrogen-bond donors (Lipinski definition) is 1. The molecule has 0 amide bonds. The Hall–Kier alpha value is -1.65. The fourth-order valence-electron chi connectivity index (χ4n) is 2.58. The van der Waals surface area contributed by atoms with Gasteiger partial charge in [-0.2, -0.15) is 5.10 Å². The number of hydrogen-bond acceptors (Lipinski definition) is 3. The average Bonchev–Trinajstić information content (AvgIpc) is 2.66. The van der Waals surface area contributed by atoms with Crippen molar-refractivity contribution < 1.29 is 14.7 Å². The number of carboxylic acid groups (broad SMARTS) is 1. The van der Waals surface area contributed by atoms with E-state index >= 15 is 0 Å². The Labute approximate surface area is 106 Å². The zero-order chi connectivity index (χ0) is 13.1. The Kier molecular flexibility index (Phi) is 3.79. The van der Waals surface area contributed by atoms with E-state index in [0.29, 0.717) is 6.29 Å². The van der Waals surface area contributed by atoms with Crippen molar-refractivity contribution in [2.24, 2.45) is 5.92 Å². The van der Waals surface area contributed by atoms with Crippen LogP contribution in [0.2, 0.25) is 0 Å². The summed E-state index contributed by atoms with van der Waals surface area (Å²) in [4.78, 5) is 21.8. The number of aldehydes is 1. The first-order valence-electron chi connectivity index (χ1n) is 6.39. The van der Waals surface area contributed by atoms with Gasteiger partial charge in [0.05, 0.1) is 11.6 Å². The molecule has 2 rings (SSSR count). The van der Waals surface area contributed by atoms with Crippen LogP contribution in [0.15, 0.2) is 6.20 Å². The van der Waals surface area contributed by atoms with E-state index in [1.807, 2.05) is 0 Å². The molecule has 1 aromatic rings. The summed E-state index contributed by atoms with van der Waals surface area (Å²) in [6.07, 6.45) is 7.60. The first-order chi connectivity index (χ1) is 8.61. The summed E-state index contributed by atoms with van der Waals surface area (Å²) in [6, 6.07) is 0.224. The Bertz CT molecular complexity index is 453. The summed E-state index contributed by atoms with van der Waals surface area (Å²) in [5.74, 6) is -0.423. The van der Waals surface area contributed by atoms with Gasteiger partial charge in [0.2, 0.25) is 0 Å². The number of carbonyl (C=O) groups excluding carboxylic acids is 1. The maximum absolute atomic E-state index is 11.0. The highest BCUT2D eigenvalue weighted by atomic mass is 16.4. The quantitative estimate of drug-likeness (QED) is 0.661. The molecule has 1 fully saturated rings. The zero-order valence-corrected chi connectivity index (χ0v) is 10.5. The molecule has 1 aliphatic rings. The van der Waals surface area contributed by atoms with Crippen molar-refractivity contribution >= 4 is 12.3 Å². The highest BCUT2D eigenvalue weighted by Crippen LogP contribution is 2.30. The van der Waals surface area contributed by atoms with Gasteiger partial charge in [0.25, 0.3) is 0 Å². The van der Waals surface area contributed by atoms with Gasteiger partial charge in [0.1, 0.15) is 0 Å². The van der Waals surface area contributed by atoms with E-state index in [2.05, 4.69) is 12.0 Å². The van der Waals surface area contributed by atoms with Crippen molar-refractivity contribution in [1.82, 2.24) is 9.78 Å². The molecule has 1 aromatic heterocycles. The lowest BCUT2D eigenvalue weighted by Crippen LogP contribution is -2.10. The smallest absolute Gasteiger partial charge is 0.357 e. The molecule has 1 aliphatic carbocycles. The minimum atomic E-state index is -1.14. The van der Waals surface area contributed by atoms with Crippen LogP contribution in [0, 0.1) is 5.92 Å². The van der Waals surface area contributed by atoms with Crippen molar-refractivity contribution in [3.05, 3.63) is 17.5 Å². The lowest BCUT2D eigenvalue weighted by atomic mass is 10.0. The summed E-state index contributed by atoms with van der Waals surface area (Å²) in [6.45, 7) is 2.24. The molecular formula is C13H18N2O3. The van der Waals surface area contributed by atoms with Crippen LogP contribution in [0.4, 0.5) is 0 Å². The van der Waals surface area contributed by atoms with E-state index in [4.69, 9.17) is 5.11 Å². The topological polar surface area (TPSA) is 72.2 Å². The highest BCUT2D eigenvalue weighted by molar-refractivity contribution is 5.95. The second kappa shape index (κ2) is 5.33. The van der Waals surface area contributed by atoms with E-state index < -0.39 is 5.97 Å². The summed E-state index contributed by atoms with van der Waals surface area (Å²) < 4.78 is 1.67. The van der Waals surface area contributed by atoms with Crippen LogP contribution in [0.1, 0.15) is 65.9 Å². The molecule has 2 unspecified atom stereocenters. The van der Waals surface area contributed by atoms with Crippen molar-refractivity contribution in [2.45, 2.75) is 45.1 Å². The Morgan fingerprint density at radius 3 is 2.83 bits per heavy atom. The zero-order valence-electron chi connectivity index (χ0n) is 10.5. The molecule has 5 heteroatoms. The molecule has 0 spiro atoms. The number of carbonyl (C=O) groups is 2. The number of nitrogens with zero attached hydrogens (tertiary/aromatic N) is 2. The number of carboxylic acids is 1. The molecule has 1 heterocycles. The van der Waals surface area contributed by atoms with Crippen LogP contribution in [-0.4, -0.2) is 27.1 Å². The second-order valence-corrected chi connectivity index (χ2v) is 5.10. The van der Waals surface area contributed by atoms with E-state index in [9.17, 15) is 9.59 Å². The normalized spacial score (nSPS) is 24.5. The van der Waals surface area contributed by atoms with Crippen LogP contribution >= 0.6 is 0 Å². The van der Waals surface area contributed by atoms with Gasteiger partial charge in [-0.25, -0.2) is 4.79 Å². The van der Waals surface area contributed by atoms with Gasteiger partial charge in [-0.1, -0.05) is 19.8 Å². The summed E-state index contributed by atoms with van der Waals surface area (Å²) >= 11 is 0. The third-order valence-electron chi connectivity index (χ3n) is 3.69. The molecular weight excluding hydrogens is 232 g/mol. The third kappa shape index (κ3) is 2.60. The molecule has 0 bridgehead atoms. The van der Waals surface area contributed by atoms with E-state index in [1.165, 1.54) is 6.42 Å². The lowest BCUT2D eigenvalue weighted by molar-refractivity contribution is 0.0686. The predicted molar refractivity (Wildman–Crippen MR) is 65.9 cm³/mol. The first kappa shape index (κ1) is 12.8. The fraction of sp³-hybridized carbons (Fsp3) is 0.615. The Morgan fingerprint density at radius 2 is 2.22 bits per heavy atom. The summed E-state index contributed by atoms with van der Waals surface area (Å²) in [5, 5.41) is 13.0. The Balaban J connectivity index is 2.22. The van der Waals surface area contributed by atoms with Gasteiger partial charge in [0.15, 0.2) is 12.0 Å². The predicted octanol–water partition coefficient (Wildman–Crippen LogP) is 2.54. The molecule has 18 heavy (non-hydrogen) atoms. The highest BCUT2D eigenvalue weighted by Gasteiger charge is 2.22. The van der Waals surface area contributed by atoms with Gasteiger partial charge < -0.3 is 5.11 Å². The third-order valence-corrected chi connectivity index (χ3v) is 3.69. The number of aromatic carboxylic acids is 1.